The molecule has 0 fully saturated rings. The molecule has 0 atom stereocenters. The van der Waals surface area contributed by atoms with Crippen molar-refractivity contribution in [3.05, 3.63) is 249 Å². The molecule has 0 saturated carbocycles. The normalized spacial score (nSPS) is 11.4. The van der Waals surface area contributed by atoms with Gasteiger partial charge in [0.05, 0.1) is 5.41 Å². The van der Waals surface area contributed by atoms with Gasteiger partial charge >= 0.3 is 0 Å². The second-order valence-corrected chi connectivity index (χ2v) is 16.4. The Kier molecular flexibility index (Phi) is 10.8. The highest BCUT2D eigenvalue weighted by atomic mass is 15.2. The number of anilines is 6. The molecule has 2 heteroatoms. The Balaban J connectivity index is 1.32. The summed E-state index contributed by atoms with van der Waals surface area (Å²) < 4.78 is 0. The Morgan fingerprint density at radius 1 is 0.271 bits per heavy atom. The maximum atomic E-state index is 2.42. The lowest BCUT2D eigenvalue weighted by Gasteiger charge is -2.38. The van der Waals surface area contributed by atoms with E-state index in [0.717, 1.165) is 11.4 Å². The Bertz CT molecular complexity index is 2430. The molecule has 0 spiro atoms. The van der Waals surface area contributed by atoms with Gasteiger partial charge in [0.25, 0.3) is 0 Å². The van der Waals surface area contributed by atoms with Crippen molar-refractivity contribution >= 4 is 34.1 Å². The molecule has 0 aliphatic rings. The molecule has 8 aromatic carbocycles. The van der Waals surface area contributed by atoms with E-state index in [1.165, 1.54) is 89.5 Å². The molecule has 8 rings (SSSR count). The van der Waals surface area contributed by atoms with Gasteiger partial charge in [-0.1, -0.05) is 156 Å². The zero-order chi connectivity index (χ0) is 41.3. The second kappa shape index (κ2) is 16.3. The summed E-state index contributed by atoms with van der Waals surface area (Å²) in [6.07, 6.45) is 0. The van der Waals surface area contributed by atoms with Gasteiger partial charge in [-0.15, -0.1) is 0 Å². The smallest absolute Gasteiger partial charge is 0.0701 e. The van der Waals surface area contributed by atoms with E-state index in [4.69, 9.17) is 0 Å². The average molecular weight is 767 g/mol. The highest BCUT2D eigenvalue weighted by Crippen LogP contribution is 2.48. The standard InChI is InChI=1S/C57H54N2/c1-39-19-31-53(43(5)35-39)58(54-32-20-40(2)36-44(54)6)51-27-23-49(24-28-51)57(47-15-11-9-12-16-47,48-17-13-10-14-18-48)50-25-29-52(30-26-50)59(55-33-21-41(3)37-45(55)7)56-34-22-42(4)38-46(56)8/h9-38H,1-8H3. The van der Waals surface area contributed by atoms with Gasteiger partial charge in [0.15, 0.2) is 0 Å². The first-order valence-electron chi connectivity index (χ1n) is 20.8. The summed E-state index contributed by atoms with van der Waals surface area (Å²) in [6, 6.07) is 67.7. The van der Waals surface area contributed by atoms with Crippen LogP contribution in [0.15, 0.2) is 182 Å². The quantitative estimate of drug-likeness (QED) is 0.128. The van der Waals surface area contributed by atoms with Crippen molar-refractivity contribution in [1.82, 2.24) is 0 Å². The van der Waals surface area contributed by atoms with Crippen molar-refractivity contribution in [3.63, 3.8) is 0 Å². The molecule has 0 radical (unpaired) electrons. The molecule has 0 aliphatic carbocycles. The van der Waals surface area contributed by atoms with Crippen LogP contribution in [0.25, 0.3) is 0 Å². The highest BCUT2D eigenvalue weighted by Gasteiger charge is 2.38. The molecule has 0 N–H and O–H groups in total. The molecule has 2 nitrogen and oxygen atoms in total. The zero-order valence-corrected chi connectivity index (χ0v) is 35.7. The Hall–Kier alpha value is -6.64. The Morgan fingerprint density at radius 2 is 0.525 bits per heavy atom. The predicted molar refractivity (Wildman–Crippen MR) is 252 cm³/mol. The molecule has 59 heavy (non-hydrogen) atoms. The molecule has 292 valence electrons. The summed E-state index contributed by atoms with van der Waals surface area (Å²) in [7, 11) is 0. The van der Waals surface area contributed by atoms with Crippen molar-refractivity contribution in [2.24, 2.45) is 0 Å². The topological polar surface area (TPSA) is 6.48 Å². The van der Waals surface area contributed by atoms with Crippen LogP contribution in [-0.4, -0.2) is 0 Å². The molecule has 0 bridgehead atoms. The molecule has 0 unspecified atom stereocenters. The van der Waals surface area contributed by atoms with E-state index >= 15 is 0 Å². The maximum absolute atomic E-state index is 2.42. The molecule has 0 aliphatic heterocycles. The first kappa shape index (κ1) is 39.2. The monoisotopic (exact) mass is 766 g/mol. The molecular weight excluding hydrogens is 713 g/mol. The summed E-state index contributed by atoms with van der Waals surface area (Å²) in [5.74, 6) is 0. The summed E-state index contributed by atoms with van der Waals surface area (Å²) in [5.41, 5.74) is 21.2. The second-order valence-electron chi connectivity index (χ2n) is 16.4. The van der Waals surface area contributed by atoms with Gasteiger partial charge in [-0.25, -0.2) is 0 Å². The molecule has 8 aromatic rings. The Morgan fingerprint density at radius 3 is 0.780 bits per heavy atom. The van der Waals surface area contributed by atoms with Crippen LogP contribution in [0.5, 0.6) is 0 Å². The molecule has 0 saturated heterocycles. The number of nitrogens with zero attached hydrogens (tertiary/aromatic N) is 2. The van der Waals surface area contributed by atoms with Crippen LogP contribution in [0.1, 0.15) is 66.8 Å². The van der Waals surface area contributed by atoms with E-state index in [1.807, 2.05) is 0 Å². The van der Waals surface area contributed by atoms with Crippen LogP contribution in [0, 0.1) is 55.4 Å². The average Bonchev–Trinajstić information content (AvgIpc) is 3.23. The van der Waals surface area contributed by atoms with Gasteiger partial charge in [-0.05, 0) is 148 Å². The minimum atomic E-state index is -0.603. The first-order chi connectivity index (χ1) is 28.5. The highest BCUT2D eigenvalue weighted by molar-refractivity contribution is 5.82. The largest absolute Gasteiger partial charge is 0.310 e. The van der Waals surface area contributed by atoms with Crippen LogP contribution in [0.3, 0.4) is 0 Å². The zero-order valence-electron chi connectivity index (χ0n) is 35.7. The van der Waals surface area contributed by atoms with Crippen molar-refractivity contribution in [2.75, 3.05) is 9.80 Å². The lowest BCUT2D eigenvalue weighted by Crippen LogP contribution is -2.31. The van der Waals surface area contributed by atoms with E-state index in [1.54, 1.807) is 0 Å². The van der Waals surface area contributed by atoms with Crippen molar-refractivity contribution in [2.45, 2.75) is 60.8 Å². The van der Waals surface area contributed by atoms with Crippen LogP contribution in [0.4, 0.5) is 34.1 Å². The Labute approximate surface area is 352 Å². The fourth-order valence-corrected chi connectivity index (χ4v) is 9.14. The minimum absolute atomic E-state index is 0.603. The lowest BCUT2D eigenvalue weighted by molar-refractivity contribution is 0.745. The molecule has 0 heterocycles. The van der Waals surface area contributed by atoms with Gasteiger partial charge in [-0.2, -0.15) is 0 Å². The number of rotatable bonds is 10. The van der Waals surface area contributed by atoms with E-state index in [2.05, 4.69) is 247 Å². The van der Waals surface area contributed by atoms with Crippen molar-refractivity contribution in [3.8, 4) is 0 Å². The maximum Gasteiger partial charge on any atom is 0.0701 e. The number of hydrogen-bond acceptors (Lipinski definition) is 2. The fraction of sp³-hybridized carbons (Fsp3) is 0.158. The molecular formula is C57H54N2. The summed E-state index contributed by atoms with van der Waals surface area (Å²) in [6.45, 7) is 17.5. The van der Waals surface area contributed by atoms with Gasteiger partial charge in [0, 0.05) is 34.1 Å². The van der Waals surface area contributed by atoms with Crippen LogP contribution < -0.4 is 9.80 Å². The SMILES string of the molecule is Cc1ccc(N(c2ccc(C(c3ccccc3)(c3ccccc3)c3ccc(N(c4ccc(C)cc4C)c4ccc(C)cc4C)cc3)cc2)c2ccc(C)cc2C)c(C)c1. The molecule has 0 amide bonds. The van der Waals surface area contributed by atoms with Crippen molar-refractivity contribution in [1.29, 1.82) is 0 Å². The van der Waals surface area contributed by atoms with E-state index in [0.29, 0.717) is 0 Å². The number of hydrogen-bond donors (Lipinski definition) is 0. The first-order valence-corrected chi connectivity index (χ1v) is 20.8. The molecule has 0 aromatic heterocycles. The summed E-state index contributed by atoms with van der Waals surface area (Å²) in [5, 5.41) is 0. The lowest BCUT2D eigenvalue weighted by atomic mass is 9.65. The van der Waals surface area contributed by atoms with Crippen LogP contribution in [0.2, 0.25) is 0 Å². The van der Waals surface area contributed by atoms with E-state index < -0.39 is 5.41 Å². The third kappa shape index (κ3) is 7.48. The van der Waals surface area contributed by atoms with Gasteiger partial charge < -0.3 is 9.80 Å². The summed E-state index contributed by atoms with van der Waals surface area (Å²) in [4.78, 5) is 4.84. The summed E-state index contributed by atoms with van der Waals surface area (Å²) >= 11 is 0. The number of benzene rings is 8. The number of aryl methyl sites for hydroxylation is 8. The van der Waals surface area contributed by atoms with E-state index in [-0.39, 0.29) is 0 Å². The van der Waals surface area contributed by atoms with Gasteiger partial charge in [0.2, 0.25) is 0 Å². The third-order valence-corrected chi connectivity index (χ3v) is 11.9. The van der Waals surface area contributed by atoms with Gasteiger partial charge in [0.1, 0.15) is 0 Å². The van der Waals surface area contributed by atoms with Crippen LogP contribution in [-0.2, 0) is 5.41 Å². The van der Waals surface area contributed by atoms with Crippen LogP contribution >= 0.6 is 0 Å². The van der Waals surface area contributed by atoms with E-state index in [9.17, 15) is 0 Å². The van der Waals surface area contributed by atoms with Crippen molar-refractivity contribution < 1.29 is 0 Å². The predicted octanol–water partition coefficient (Wildman–Crippen LogP) is 15.5. The van der Waals surface area contributed by atoms with Gasteiger partial charge in [-0.3, -0.25) is 0 Å². The minimum Gasteiger partial charge on any atom is -0.310 e. The fourth-order valence-electron chi connectivity index (χ4n) is 9.14. The third-order valence-electron chi connectivity index (χ3n) is 11.9.